The molecular formula is C17H17NO. The van der Waals surface area contributed by atoms with E-state index in [1.165, 1.54) is 16.2 Å². The van der Waals surface area contributed by atoms with Crippen molar-refractivity contribution < 1.29 is 5.11 Å². The standard InChI is InChI=1S/C17H17NO/c1-11(19)17(18)15-7-6-14-8-12-4-2-3-5-13(12)9-16(14)10-15/h2-11,17,19H,18H2,1H3/t11-,17-/m0/s1. The van der Waals surface area contributed by atoms with Crippen molar-refractivity contribution in [2.45, 2.75) is 19.1 Å². The summed E-state index contributed by atoms with van der Waals surface area (Å²) in [7, 11) is 0. The van der Waals surface area contributed by atoms with E-state index in [9.17, 15) is 5.11 Å². The molecule has 0 unspecified atom stereocenters. The Morgan fingerprint density at radius 1 is 0.842 bits per heavy atom. The van der Waals surface area contributed by atoms with E-state index < -0.39 is 6.10 Å². The van der Waals surface area contributed by atoms with E-state index in [4.69, 9.17) is 5.73 Å². The Morgan fingerprint density at radius 2 is 1.42 bits per heavy atom. The monoisotopic (exact) mass is 251 g/mol. The fourth-order valence-electron chi connectivity index (χ4n) is 2.44. The maximum Gasteiger partial charge on any atom is 0.0704 e. The zero-order chi connectivity index (χ0) is 13.4. The van der Waals surface area contributed by atoms with Crippen LogP contribution in [0.15, 0.2) is 54.6 Å². The Hall–Kier alpha value is -1.90. The van der Waals surface area contributed by atoms with Crippen LogP contribution in [0.5, 0.6) is 0 Å². The lowest BCUT2D eigenvalue weighted by Gasteiger charge is -2.15. The maximum absolute atomic E-state index is 9.59. The number of hydrogen-bond acceptors (Lipinski definition) is 2. The van der Waals surface area contributed by atoms with Crippen LogP contribution in [0, 0.1) is 0 Å². The van der Waals surface area contributed by atoms with Gasteiger partial charge in [-0.2, -0.15) is 0 Å². The molecule has 96 valence electrons. The van der Waals surface area contributed by atoms with E-state index >= 15 is 0 Å². The van der Waals surface area contributed by atoms with Gasteiger partial charge < -0.3 is 10.8 Å². The number of rotatable bonds is 2. The molecule has 2 atom stereocenters. The van der Waals surface area contributed by atoms with Crippen LogP contribution in [0.25, 0.3) is 21.5 Å². The molecule has 0 heterocycles. The molecule has 0 aliphatic rings. The van der Waals surface area contributed by atoms with Crippen LogP contribution in [0.3, 0.4) is 0 Å². The van der Waals surface area contributed by atoms with Crippen LogP contribution >= 0.6 is 0 Å². The van der Waals surface area contributed by atoms with Crippen LogP contribution in [0.4, 0.5) is 0 Å². The van der Waals surface area contributed by atoms with Gasteiger partial charge in [0.2, 0.25) is 0 Å². The zero-order valence-corrected chi connectivity index (χ0v) is 10.9. The highest BCUT2D eigenvalue weighted by molar-refractivity contribution is 5.98. The fourth-order valence-corrected chi connectivity index (χ4v) is 2.44. The maximum atomic E-state index is 9.59. The SMILES string of the molecule is C[C@H](O)[C@H](N)c1ccc2cc3ccccc3cc2c1. The lowest BCUT2D eigenvalue weighted by atomic mass is 9.97. The Bertz CT molecular complexity index is 733. The molecule has 0 saturated heterocycles. The normalized spacial score (nSPS) is 14.7. The Kier molecular flexibility index (Phi) is 2.97. The Labute approximate surface area is 112 Å². The van der Waals surface area contributed by atoms with E-state index in [1.54, 1.807) is 6.92 Å². The third-order valence-corrected chi connectivity index (χ3v) is 3.63. The molecule has 2 nitrogen and oxygen atoms in total. The highest BCUT2D eigenvalue weighted by Gasteiger charge is 2.12. The van der Waals surface area contributed by atoms with Crippen molar-refractivity contribution in [3.05, 3.63) is 60.2 Å². The van der Waals surface area contributed by atoms with Gasteiger partial charge in [-0.05, 0) is 52.2 Å². The molecule has 0 aliphatic carbocycles. The summed E-state index contributed by atoms with van der Waals surface area (Å²) < 4.78 is 0. The van der Waals surface area contributed by atoms with Crippen LogP contribution < -0.4 is 5.73 Å². The Morgan fingerprint density at radius 3 is 2.05 bits per heavy atom. The van der Waals surface area contributed by atoms with E-state index in [0.717, 1.165) is 10.9 Å². The topological polar surface area (TPSA) is 46.2 Å². The first kappa shape index (κ1) is 12.2. The molecule has 0 radical (unpaired) electrons. The van der Waals surface area contributed by atoms with Crippen molar-refractivity contribution >= 4 is 21.5 Å². The van der Waals surface area contributed by atoms with Crippen molar-refractivity contribution in [3.63, 3.8) is 0 Å². The van der Waals surface area contributed by atoms with Crippen molar-refractivity contribution in [1.82, 2.24) is 0 Å². The van der Waals surface area contributed by atoms with Crippen LogP contribution in [0.2, 0.25) is 0 Å². The minimum atomic E-state index is -0.544. The predicted molar refractivity (Wildman–Crippen MR) is 80.1 cm³/mol. The molecule has 0 aromatic heterocycles. The van der Waals surface area contributed by atoms with Gasteiger partial charge in [-0.1, -0.05) is 36.4 Å². The summed E-state index contributed by atoms with van der Waals surface area (Å²) in [6.07, 6.45) is -0.544. The second-order valence-electron chi connectivity index (χ2n) is 5.07. The van der Waals surface area contributed by atoms with Gasteiger partial charge in [0.1, 0.15) is 0 Å². The zero-order valence-electron chi connectivity index (χ0n) is 10.9. The van der Waals surface area contributed by atoms with Crippen molar-refractivity contribution in [3.8, 4) is 0 Å². The first-order valence-corrected chi connectivity index (χ1v) is 6.51. The van der Waals surface area contributed by atoms with Crippen molar-refractivity contribution in [2.24, 2.45) is 5.73 Å². The highest BCUT2D eigenvalue weighted by Crippen LogP contribution is 2.26. The first-order valence-electron chi connectivity index (χ1n) is 6.51. The first-order chi connectivity index (χ1) is 9.15. The van der Waals surface area contributed by atoms with E-state index in [2.05, 4.69) is 36.4 Å². The Balaban J connectivity index is 2.19. The average molecular weight is 251 g/mol. The van der Waals surface area contributed by atoms with Gasteiger partial charge >= 0.3 is 0 Å². The second kappa shape index (κ2) is 4.65. The second-order valence-corrected chi connectivity index (χ2v) is 5.07. The number of nitrogens with two attached hydrogens (primary N) is 1. The summed E-state index contributed by atoms with van der Waals surface area (Å²) in [5.41, 5.74) is 6.96. The molecule has 3 aromatic rings. The number of aliphatic hydroxyl groups excluding tert-OH is 1. The predicted octanol–water partition coefficient (Wildman–Crippen LogP) is 3.37. The van der Waals surface area contributed by atoms with Crippen LogP contribution in [-0.2, 0) is 0 Å². The minimum absolute atomic E-state index is 0.337. The molecule has 19 heavy (non-hydrogen) atoms. The van der Waals surface area contributed by atoms with E-state index in [-0.39, 0.29) is 6.04 Å². The molecule has 0 bridgehead atoms. The van der Waals surface area contributed by atoms with Gasteiger partial charge in [0.15, 0.2) is 0 Å². The smallest absolute Gasteiger partial charge is 0.0704 e. The van der Waals surface area contributed by atoms with Gasteiger partial charge in [-0.15, -0.1) is 0 Å². The molecule has 0 saturated carbocycles. The third kappa shape index (κ3) is 2.21. The van der Waals surface area contributed by atoms with Gasteiger partial charge in [0, 0.05) is 0 Å². The number of benzene rings is 3. The third-order valence-electron chi connectivity index (χ3n) is 3.63. The van der Waals surface area contributed by atoms with Gasteiger partial charge in [0.05, 0.1) is 12.1 Å². The van der Waals surface area contributed by atoms with Gasteiger partial charge in [0.25, 0.3) is 0 Å². The minimum Gasteiger partial charge on any atom is -0.391 e. The van der Waals surface area contributed by atoms with Crippen molar-refractivity contribution in [2.75, 3.05) is 0 Å². The lowest BCUT2D eigenvalue weighted by Crippen LogP contribution is -2.22. The number of fused-ring (bicyclic) bond motifs is 2. The molecule has 0 spiro atoms. The molecule has 3 rings (SSSR count). The quantitative estimate of drug-likeness (QED) is 0.686. The largest absolute Gasteiger partial charge is 0.391 e. The summed E-state index contributed by atoms with van der Waals surface area (Å²) >= 11 is 0. The van der Waals surface area contributed by atoms with E-state index in [0.29, 0.717) is 0 Å². The van der Waals surface area contributed by atoms with Crippen LogP contribution in [0.1, 0.15) is 18.5 Å². The molecule has 0 amide bonds. The fraction of sp³-hybridized carbons (Fsp3) is 0.176. The van der Waals surface area contributed by atoms with Gasteiger partial charge in [-0.3, -0.25) is 0 Å². The molecule has 0 fully saturated rings. The number of aliphatic hydroxyl groups is 1. The summed E-state index contributed by atoms with van der Waals surface area (Å²) in [4.78, 5) is 0. The van der Waals surface area contributed by atoms with Crippen LogP contribution in [-0.4, -0.2) is 11.2 Å². The summed E-state index contributed by atoms with van der Waals surface area (Å²) in [6.45, 7) is 1.72. The highest BCUT2D eigenvalue weighted by atomic mass is 16.3. The average Bonchev–Trinajstić information content (AvgIpc) is 2.43. The number of hydrogen-bond donors (Lipinski definition) is 2. The van der Waals surface area contributed by atoms with Crippen molar-refractivity contribution in [1.29, 1.82) is 0 Å². The summed E-state index contributed by atoms with van der Waals surface area (Å²) in [6, 6.07) is 18.5. The molecule has 0 aliphatic heterocycles. The van der Waals surface area contributed by atoms with Gasteiger partial charge in [-0.25, -0.2) is 0 Å². The van der Waals surface area contributed by atoms with E-state index in [1.807, 2.05) is 18.2 Å². The summed E-state index contributed by atoms with van der Waals surface area (Å²) in [5.74, 6) is 0. The lowest BCUT2D eigenvalue weighted by molar-refractivity contribution is 0.164. The molecule has 3 aromatic carbocycles. The molecule has 2 heteroatoms. The molecule has 3 N–H and O–H groups in total. The molecular weight excluding hydrogens is 234 g/mol. The summed E-state index contributed by atoms with van der Waals surface area (Å²) in [5, 5.41) is 14.4.